The Bertz CT molecular complexity index is 784. The summed E-state index contributed by atoms with van der Waals surface area (Å²) in [5.74, 6) is -1.94. The van der Waals surface area contributed by atoms with Gasteiger partial charge < -0.3 is 14.9 Å². The second kappa shape index (κ2) is 7.80. The van der Waals surface area contributed by atoms with Crippen molar-refractivity contribution in [1.29, 1.82) is 5.26 Å². The van der Waals surface area contributed by atoms with Crippen molar-refractivity contribution >= 4 is 11.8 Å². The van der Waals surface area contributed by atoms with Gasteiger partial charge in [0.2, 0.25) is 5.60 Å². The van der Waals surface area contributed by atoms with Gasteiger partial charge in [0, 0.05) is 31.7 Å². The van der Waals surface area contributed by atoms with Crippen LogP contribution < -0.4 is 0 Å². The molecule has 1 aliphatic heterocycles. The number of nitrogens with zero attached hydrogens (tertiary/aromatic N) is 3. The molecule has 1 aromatic carbocycles. The van der Waals surface area contributed by atoms with E-state index in [4.69, 9.17) is 5.26 Å². The zero-order valence-corrected chi connectivity index (χ0v) is 15.8. The Morgan fingerprint density at radius 3 is 2.32 bits per heavy atom. The molecule has 2 rings (SSSR count). The number of carbonyl (C=O) groups excluding carboxylic acids is 2. The maximum absolute atomic E-state index is 12.9. The van der Waals surface area contributed by atoms with Crippen molar-refractivity contribution in [1.82, 2.24) is 9.80 Å². The molecular weight excluding hydrogens is 375 g/mol. The molecule has 152 valence electrons. The van der Waals surface area contributed by atoms with Crippen LogP contribution in [0, 0.1) is 17.2 Å². The lowest BCUT2D eigenvalue weighted by molar-refractivity contribution is -0.251. The maximum Gasteiger partial charge on any atom is 0.426 e. The molecule has 0 aliphatic carbocycles. The first-order valence-electron chi connectivity index (χ1n) is 8.76. The highest BCUT2D eigenvalue weighted by molar-refractivity contribution is 5.94. The molecule has 0 spiro atoms. The molecule has 0 aromatic heterocycles. The van der Waals surface area contributed by atoms with Gasteiger partial charge in [-0.05, 0) is 43.5 Å². The van der Waals surface area contributed by atoms with Gasteiger partial charge in [0.05, 0.1) is 11.6 Å². The van der Waals surface area contributed by atoms with Crippen molar-refractivity contribution in [2.75, 3.05) is 20.1 Å². The number of aliphatic hydroxyl groups is 1. The smallest absolute Gasteiger partial charge is 0.373 e. The first-order valence-corrected chi connectivity index (χ1v) is 8.76. The number of hydrogen-bond donors (Lipinski definition) is 1. The Balaban J connectivity index is 2.07. The molecule has 0 radical (unpaired) electrons. The number of likely N-dealkylation sites (tertiary alicyclic amines) is 1. The highest BCUT2D eigenvalue weighted by atomic mass is 19.4. The van der Waals surface area contributed by atoms with Gasteiger partial charge in [-0.2, -0.15) is 18.4 Å². The molecule has 28 heavy (non-hydrogen) atoms. The van der Waals surface area contributed by atoms with Crippen molar-refractivity contribution < 1.29 is 27.9 Å². The van der Waals surface area contributed by atoms with Crippen LogP contribution in [0.25, 0.3) is 0 Å². The highest BCUT2D eigenvalue weighted by Crippen LogP contribution is 2.33. The van der Waals surface area contributed by atoms with Gasteiger partial charge in [0.1, 0.15) is 0 Å². The molecule has 0 bridgehead atoms. The van der Waals surface area contributed by atoms with Crippen LogP contribution in [-0.4, -0.2) is 64.7 Å². The van der Waals surface area contributed by atoms with Gasteiger partial charge in [-0.1, -0.05) is 6.92 Å². The summed E-state index contributed by atoms with van der Waals surface area (Å²) in [5, 5.41) is 18.4. The third-order valence-electron chi connectivity index (χ3n) is 5.19. The van der Waals surface area contributed by atoms with Crippen molar-refractivity contribution in [2.24, 2.45) is 5.92 Å². The third-order valence-corrected chi connectivity index (χ3v) is 5.19. The molecule has 1 N–H and O–H groups in total. The average Bonchev–Trinajstić information content (AvgIpc) is 2.65. The highest BCUT2D eigenvalue weighted by Gasteiger charge is 2.57. The van der Waals surface area contributed by atoms with Crippen LogP contribution in [0.15, 0.2) is 24.3 Å². The van der Waals surface area contributed by atoms with Crippen molar-refractivity contribution in [2.45, 2.75) is 38.1 Å². The molecule has 1 aromatic rings. The van der Waals surface area contributed by atoms with Crippen LogP contribution in [0.4, 0.5) is 13.2 Å². The summed E-state index contributed by atoms with van der Waals surface area (Å²) in [5.41, 5.74) is -2.62. The number of rotatable bonds is 3. The zero-order chi connectivity index (χ0) is 21.3. The van der Waals surface area contributed by atoms with Crippen LogP contribution in [0.1, 0.15) is 36.2 Å². The molecule has 2 unspecified atom stereocenters. The van der Waals surface area contributed by atoms with Crippen molar-refractivity contribution in [3.05, 3.63) is 35.4 Å². The second-order valence-corrected chi connectivity index (χ2v) is 7.26. The van der Waals surface area contributed by atoms with Crippen LogP contribution in [0.5, 0.6) is 0 Å². The number of nitriles is 1. The Labute approximate surface area is 161 Å². The molecule has 0 saturated carbocycles. The molecule has 1 fully saturated rings. The van der Waals surface area contributed by atoms with Gasteiger partial charge >= 0.3 is 6.18 Å². The largest absolute Gasteiger partial charge is 0.426 e. The molecule has 3 atom stereocenters. The number of hydrogen-bond acceptors (Lipinski definition) is 4. The van der Waals surface area contributed by atoms with Gasteiger partial charge in [-0.3, -0.25) is 9.59 Å². The van der Waals surface area contributed by atoms with E-state index in [0.717, 1.165) is 4.90 Å². The first-order chi connectivity index (χ1) is 12.9. The second-order valence-electron chi connectivity index (χ2n) is 7.26. The summed E-state index contributed by atoms with van der Waals surface area (Å²) in [6.45, 7) is 2.20. The lowest BCUT2D eigenvalue weighted by atomic mass is 9.90. The number of halogens is 3. The Morgan fingerprint density at radius 1 is 1.29 bits per heavy atom. The Hall–Kier alpha value is -2.60. The van der Waals surface area contributed by atoms with Gasteiger partial charge in [-0.25, -0.2) is 0 Å². The fourth-order valence-electron chi connectivity index (χ4n) is 3.36. The van der Waals surface area contributed by atoms with Crippen molar-refractivity contribution in [3.8, 4) is 6.07 Å². The molecule has 1 heterocycles. The van der Waals surface area contributed by atoms with Crippen LogP contribution >= 0.6 is 0 Å². The maximum atomic E-state index is 12.9. The van der Waals surface area contributed by atoms with E-state index < -0.39 is 17.7 Å². The summed E-state index contributed by atoms with van der Waals surface area (Å²) >= 11 is 0. The molecular formula is C19H22F3N3O3. The predicted octanol–water partition coefficient (Wildman–Crippen LogP) is 2.18. The summed E-state index contributed by atoms with van der Waals surface area (Å²) in [6, 6.07) is 7.84. The normalized spacial score (nSPS) is 22.1. The summed E-state index contributed by atoms with van der Waals surface area (Å²) in [7, 11) is 1.60. The molecule has 6 nitrogen and oxygen atoms in total. The van der Waals surface area contributed by atoms with E-state index in [-0.39, 0.29) is 31.0 Å². The van der Waals surface area contributed by atoms with E-state index in [1.165, 1.54) is 17.0 Å². The van der Waals surface area contributed by atoms with E-state index in [0.29, 0.717) is 24.5 Å². The summed E-state index contributed by atoms with van der Waals surface area (Å²) < 4.78 is 38.8. The van der Waals surface area contributed by atoms with E-state index in [1.54, 1.807) is 26.1 Å². The Kier molecular flexibility index (Phi) is 6.04. The van der Waals surface area contributed by atoms with E-state index in [9.17, 15) is 27.9 Å². The zero-order valence-electron chi connectivity index (χ0n) is 15.8. The van der Waals surface area contributed by atoms with Crippen LogP contribution in [0.3, 0.4) is 0 Å². The third kappa shape index (κ3) is 4.12. The number of alkyl halides is 3. The van der Waals surface area contributed by atoms with E-state index >= 15 is 0 Å². The van der Waals surface area contributed by atoms with E-state index in [2.05, 4.69) is 0 Å². The number of benzene rings is 1. The van der Waals surface area contributed by atoms with E-state index in [1.807, 2.05) is 6.07 Å². The summed E-state index contributed by atoms with van der Waals surface area (Å²) in [4.78, 5) is 27.3. The topological polar surface area (TPSA) is 84.6 Å². The average molecular weight is 397 g/mol. The molecule has 2 amide bonds. The van der Waals surface area contributed by atoms with Crippen LogP contribution in [0.2, 0.25) is 0 Å². The number of piperidine rings is 1. The SMILES string of the molecule is CC1CN(C(=O)[C@@](C)(O)C(F)(F)F)CCC1N(C)C(=O)c1ccc(C#N)cc1. The van der Waals surface area contributed by atoms with Gasteiger partial charge in [-0.15, -0.1) is 0 Å². The fourth-order valence-corrected chi connectivity index (χ4v) is 3.36. The van der Waals surface area contributed by atoms with Crippen LogP contribution in [-0.2, 0) is 4.79 Å². The standard InChI is InChI=1S/C19H22F3N3O3/c1-12-11-25(17(27)18(2,28)19(20,21)22)9-8-15(12)24(3)16(26)14-6-4-13(10-23)5-7-14/h4-7,12,15,28H,8-9,11H2,1-3H3/t12?,15?,18-/m1/s1. The lowest BCUT2D eigenvalue weighted by Crippen LogP contribution is -2.60. The predicted molar refractivity (Wildman–Crippen MR) is 94.1 cm³/mol. The monoisotopic (exact) mass is 397 g/mol. The fraction of sp³-hybridized carbons (Fsp3) is 0.526. The minimum absolute atomic E-state index is 0.000715. The van der Waals surface area contributed by atoms with Gasteiger partial charge in [0.25, 0.3) is 11.8 Å². The molecule has 9 heteroatoms. The summed E-state index contributed by atoms with van der Waals surface area (Å²) in [6.07, 6.45) is -4.77. The molecule has 1 saturated heterocycles. The quantitative estimate of drug-likeness (QED) is 0.847. The number of carbonyl (C=O) groups is 2. The van der Waals surface area contributed by atoms with Crippen molar-refractivity contribution in [3.63, 3.8) is 0 Å². The lowest BCUT2D eigenvalue weighted by Gasteiger charge is -2.43. The first kappa shape index (κ1) is 21.7. The Morgan fingerprint density at radius 2 is 1.86 bits per heavy atom. The number of amides is 2. The molecule has 1 aliphatic rings. The minimum atomic E-state index is -5.06. The minimum Gasteiger partial charge on any atom is -0.373 e. The van der Waals surface area contributed by atoms with Gasteiger partial charge in [0.15, 0.2) is 0 Å².